The lowest BCUT2D eigenvalue weighted by Crippen LogP contribution is -2.28. The van der Waals surface area contributed by atoms with E-state index in [4.69, 9.17) is 18.9 Å². The van der Waals surface area contributed by atoms with Gasteiger partial charge < -0.3 is 24.1 Å². The van der Waals surface area contributed by atoms with Gasteiger partial charge in [-0.2, -0.15) is 0 Å². The predicted molar refractivity (Wildman–Crippen MR) is 112 cm³/mol. The lowest BCUT2D eigenvalue weighted by atomic mass is 9.89. The zero-order valence-electron chi connectivity index (χ0n) is 17.7. The molecule has 1 N–H and O–H groups in total. The summed E-state index contributed by atoms with van der Waals surface area (Å²) in [5, 5.41) is 10.2. The van der Waals surface area contributed by atoms with Crippen molar-refractivity contribution in [1.29, 1.82) is 0 Å². The van der Waals surface area contributed by atoms with E-state index in [1.165, 1.54) is 6.08 Å². The fourth-order valence-electron chi connectivity index (χ4n) is 3.90. The summed E-state index contributed by atoms with van der Waals surface area (Å²) in [6.45, 7) is 5.95. The maximum Gasteiger partial charge on any atom is 0.508 e. The number of fused-ring (bicyclic) bond motifs is 2. The molecule has 5 atom stereocenters. The Hall–Kier alpha value is -2.28. The quantitative estimate of drug-likeness (QED) is 0.261. The van der Waals surface area contributed by atoms with Gasteiger partial charge in [-0.1, -0.05) is 63.1 Å². The van der Waals surface area contributed by atoms with Crippen LogP contribution in [0.2, 0.25) is 0 Å². The first-order valence-electron chi connectivity index (χ1n) is 10.8. The van der Waals surface area contributed by atoms with Crippen LogP contribution in [-0.2, 0) is 18.9 Å². The molecule has 2 bridgehead atoms. The summed E-state index contributed by atoms with van der Waals surface area (Å²) in [5.74, 6) is 0.104. The molecule has 0 radical (unpaired) electrons. The van der Waals surface area contributed by atoms with Crippen molar-refractivity contribution in [2.24, 2.45) is 11.8 Å². The molecule has 7 nitrogen and oxygen atoms in total. The van der Waals surface area contributed by atoms with Crippen molar-refractivity contribution in [3.05, 3.63) is 37.0 Å². The molecule has 2 rings (SSSR count). The van der Waals surface area contributed by atoms with Gasteiger partial charge in [0.25, 0.3) is 0 Å². The molecular weight excluding hydrogens is 388 g/mol. The molecule has 0 aromatic heterocycles. The van der Waals surface area contributed by atoms with Crippen LogP contribution in [0.15, 0.2) is 37.0 Å². The van der Waals surface area contributed by atoms with E-state index >= 15 is 0 Å². The van der Waals surface area contributed by atoms with Crippen LogP contribution in [0.1, 0.15) is 51.9 Å². The van der Waals surface area contributed by atoms with Gasteiger partial charge in [-0.15, -0.1) is 0 Å². The van der Waals surface area contributed by atoms with Crippen LogP contribution in [0.4, 0.5) is 9.59 Å². The summed E-state index contributed by atoms with van der Waals surface area (Å²) in [7, 11) is 0. The third kappa shape index (κ3) is 7.86. The Kier molecular flexibility index (Phi) is 10.5. The molecule has 2 aliphatic rings. The van der Waals surface area contributed by atoms with Crippen LogP contribution in [0.25, 0.3) is 0 Å². The van der Waals surface area contributed by atoms with E-state index in [1.807, 2.05) is 24.3 Å². The summed E-state index contributed by atoms with van der Waals surface area (Å²) in [6.07, 6.45) is 12.9. The van der Waals surface area contributed by atoms with E-state index in [0.717, 1.165) is 25.7 Å². The summed E-state index contributed by atoms with van der Waals surface area (Å²) in [4.78, 5) is 22.9. The van der Waals surface area contributed by atoms with Crippen molar-refractivity contribution in [3.63, 3.8) is 0 Å². The third-order valence-electron chi connectivity index (χ3n) is 5.42. The monoisotopic (exact) mass is 422 g/mol. The normalized spacial score (nSPS) is 26.4. The third-order valence-corrected chi connectivity index (χ3v) is 5.42. The Bertz CT molecular complexity index is 613. The smallest absolute Gasteiger partial charge is 0.434 e. The highest BCUT2D eigenvalue weighted by Crippen LogP contribution is 2.43. The molecule has 1 heterocycles. The van der Waals surface area contributed by atoms with E-state index in [9.17, 15) is 14.7 Å². The first-order valence-corrected chi connectivity index (χ1v) is 10.8. The molecular formula is C23H34O7. The highest BCUT2D eigenvalue weighted by atomic mass is 16.7. The molecule has 1 saturated carbocycles. The van der Waals surface area contributed by atoms with Crippen molar-refractivity contribution in [2.45, 2.75) is 70.2 Å². The van der Waals surface area contributed by atoms with Gasteiger partial charge in [0, 0.05) is 18.3 Å². The van der Waals surface area contributed by atoms with Crippen LogP contribution in [0.3, 0.4) is 0 Å². The Labute approximate surface area is 178 Å². The fourth-order valence-corrected chi connectivity index (χ4v) is 3.90. The minimum Gasteiger partial charge on any atom is -0.434 e. The second-order valence-corrected chi connectivity index (χ2v) is 7.68. The van der Waals surface area contributed by atoms with Crippen molar-refractivity contribution in [3.8, 4) is 0 Å². The zero-order valence-corrected chi connectivity index (χ0v) is 17.7. The largest absolute Gasteiger partial charge is 0.508 e. The lowest BCUT2D eigenvalue weighted by molar-refractivity contribution is -0.0346. The summed E-state index contributed by atoms with van der Waals surface area (Å²) < 4.78 is 20.4. The molecule has 7 heteroatoms. The van der Waals surface area contributed by atoms with Gasteiger partial charge in [0.1, 0.15) is 18.8 Å². The highest BCUT2D eigenvalue weighted by Gasteiger charge is 2.49. The fraction of sp³-hybridized carbons (Fsp3) is 0.652. The molecule has 0 aromatic carbocycles. The lowest BCUT2D eigenvalue weighted by Gasteiger charge is -2.20. The van der Waals surface area contributed by atoms with Crippen LogP contribution in [-0.4, -0.2) is 48.9 Å². The molecule has 1 aliphatic carbocycles. The van der Waals surface area contributed by atoms with E-state index in [-0.39, 0.29) is 37.3 Å². The van der Waals surface area contributed by atoms with Crippen molar-refractivity contribution in [2.75, 3.05) is 13.2 Å². The van der Waals surface area contributed by atoms with Crippen LogP contribution < -0.4 is 0 Å². The minimum absolute atomic E-state index is 0.0112. The van der Waals surface area contributed by atoms with Gasteiger partial charge in [-0.05, 0) is 19.3 Å². The number of aliphatic hydroxyl groups is 1. The number of unbranched alkanes of at least 4 members (excludes halogenated alkanes) is 2. The number of aliphatic hydroxyl groups excluding tert-OH is 1. The Morgan fingerprint density at radius 2 is 2.07 bits per heavy atom. The number of ether oxygens (including phenoxy) is 4. The molecule has 2 fully saturated rings. The van der Waals surface area contributed by atoms with Crippen LogP contribution in [0.5, 0.6) is 0 Å². The van der Waals surface area contributed by atoms with Gasteiger partial charge in [0.15, 0.2) is 0 Å². The average Bonchev–Trinajstić information content (AvgIpc) is 2.96. The minimum atomic E-state index is -0.709. The van der Waals surface area contributed by atoms with Crippen molar-refractivity contribution >= 4 is 12.3 Å². The highest BCUT2D eigenvalue weighted by molar-refractivity contribution is 5.62. The summed E-state index contributed by atoms with van der Waals surface area (Å²) >= 11 is 0. The molecule has 0 aromatic rings. The average molecular weight is 423 g/mol. The van der Waals surface area contributed by atoms with Crippen molar-refractivity contribution in [1.82, 2.24) is 0 Å². The molecule has 5 unspecified atom stereocenters. The van der Waals surface area contributed by atoms with Crippen LogP contribution in [0, 0.1) is 11.8 Å². The van der Waals surface area contributed by atoms with Gasteiger partial charge in [0.05, 0.1) is 12.7 Å². The van der Waals surface area contributed by atoms with Gasteiger partial charge in [-0.25, -0.2) is 9.59 Å². The van der Waals surface area contributed by atoms with Crippen LogP contribution >= 0.6 is 0 Å². The Balaban J connectivity index is 1.83. The SMILES string of the molecule is C=CCOC(=O)OCC/C=C\CC1C2CC(OC(=O)O2)C1/C=C/C(O)CCCCC. The topological polar surface area (TPSA) is 91.3 Å². The zero-order chi connectivity index (χ0) is 21.8. The van der Waals surface area contributed by atoms with E-state index in [0.29, 0.717) is 19.3 Å². The molecule has 0 amide bonds. The maximum atomic E-state index is 11.7. The number of carbonyl (C=O) groups excluding carboxylic acids is 2. The molecule has 1 aliphatic heterocycles. The maximum absolute atomic E-state index is 11.7. The number of rotatable bonds is 13. The number of hydrogen-bond donors (Lipinski definition) is 1. The van der Waals surface area contributed by atoms with Crippen molar-refractivity contribution < 1.29 is 33.6 Å². The van der Waals surface area contributed by atoms with E-state index in [1.54, 1.807) is 0 Å². The second kappa shape index (κ2) is 13.1. The standard InChI is InChI=1S/C23H34O7/c1-3-5-7-10-17(24)12-13-19-18(20-16-21(19)30-23(26)29-20)11-8-6-9-15-28-22(25)27-14-4-2/h4,6,8,12-13,17-21,24H,2-3,5,7,9-11,14-16H2,1H3/b8-6-,13-12+. The number of hydrogen-bond acceptors (Lipinski definition) is 7. The summed E-state index contributed by atoms with van der Waals surface area (Å²) in [5.41, 5.74) is 0. The molecule has 1 saturated heterocycles. The predicted octanol–water partition coefficient (Wildman–Crippen LogP) is 4.70. The van der Waals surface area contributed by atoms with Gasteiger partial charge >= 0.3 is 12.3 Å². The van der Waals surface area contributed by atoms with E-state index < -0.39 is 18.4 Å². The number of carbonyl (C=O) groups is 2. The first kappa shape index (κ1) is 24.0. The van der Waals surface area contributed by atoms with Gasteiger partial charge in [-0.3, -0.25) is 0 Å². The van der Waals surface area contributed by atoms with Gasteiger partial charge in [0.2, 0.25) is 0 Å². The van der Waals surface area contributed by atoms with E-state index in [2.05, 4.69) is 13.5 Å². The first-order chi connectivity index (χ1) is 14.5. The second-order valence-electron chi connectivity index (χ2n) is 7.68. The molecule has 30 heavy (non-hydrogen) atoms. The molecule has 168 valence electrons. The number of allylic oxidation sites excluding steroid dienone is 1. The molecule has 0 spiro atoms. The Morgan fingerprint density at radius 1 is 1.27 bits per heavy atom. The Morgan fingerprint density at radius 3 is 2.83 bits per heavy atom. The summed E-state index contributed by atoms with van der Waals surface area (Å²) in [6, 6.07) is 0.